The number of nitrogens with zero attached hydrogens (tertiary/aromatic N) is 2. The minimum Gasteiger partial charge on any atom is -0.454 e. The number of amides is 2. The largest absolute Gasteiger partial charge is 0.454 e. The Bertz CT molecular complexity index is 1220. The molecule has 32 heavy (non-hydrogen) atoms. The molecular weight excluding hydrogens is 408 g/mol. The summed E-state index contributed by atoms with van der Waals surface area (Å²) < 4.78 is 7.22. The molecule has 1 aromatic heterocycles. The molecule has 7 heteroatoms. The molecule has 0 atom stereocenters. The van der Waals surface area contributed by atoms with E-state index in [1.807, 2.05) is 25.3 Å². The van der Waals surface area contributed by atoms with Gasteiger partial charge in [-0.2, -0.15) is 0 Å². The number of aryl methyl sites for hydroxylation is 1. The summed E-state index contributed by atoms with van der Waals surface area (Å²) in [5, 5.41) is 0. The minimum atomic E-state index is -0.656. The standard InChI is InChI=1S/C25H22N2O5/c1-4-26-15(2)13-21(16(26)3)22(28)14-32-25(31)17-9-11-18(12-10-17)27-23(29)19-7-5-6-8-20(19)24(27)30/h5-13H,4,14H2,1-3H3. The average molecular weight is 430 g/mol. The molecule has 0 unspecified atom stereocenters. The van der Waals surface area contributed by atoms with Gasteiger partial charge in [0, 0.05) is 23.5 Å². The number of rotatable bonds is 6. The van der Waals surface area contributed by atoms with Gasteiger partial charge in [0.25, 0.3) is 11.8 Å². The first-order valence-corrected chi connectivity index (χ1v) is 10.3. The number of Topliss-reactive ketones (excluding diaryl/α,β-unsaturated/α-hetero) is 1. The Morgan fingerprint density at radius 3 is 2.03 bits per heavy atom. The summed E-state index contributed by atoms with van der Waals surface area (Å²) in [6.07, 6.45) is 0. The Labute approximate surface area is 185 Å². The summed E-state index contributed by atoms with van der Waals surface area (Å²) in [5.74, 6) is -1.74. The van der Waals surface area contributed by atoms with Gasteiger partial charge in [0.05, 0.1) is 22.4 Å². The van der Waals surface area contributed by atoms with Crippen LogP contribution in [0.1, 0.15) is 59.7 Å². The van der Waals surface area contributed by atoms with E-state index in [0.29, 0.717) is 22.4 Å². The summed E-state index contributed by atoms with van der Waals surface area (Å²) in [6.45, 7) is 6.18. The van der Waals surface area contributed by atoms with Crippen molar-refractivity contribution in [3.05, 3.63) is 88.2 Å². The first-order valence-electron chi connectivity index (χ1n) is 10.3. The lowest BCUT2D eigenvalue weighted by molar-refractivity contribution is 0.0474. The molecule has 0 radical (unpaired) electrons. The van der Waals surface area contributed by atoms with Gasteiger partial charge in [0.15, 0.2) is 6.61 Å². The average Bonchev–Trinajstić information content (AvgIpc) is 3.24. The third-order valence-corrected chi connectivity index (χ3v) is 5.68. The van der Waals surface area contributed by atoms with Gasteiger partial charge in [-0.25, -0.2) is 9.69 Å². The van der Waals surface area contributed by atoms with E-state index < -0.39 is 17.8 Å². The van der Waals surface area contributed by atoms with Crippen LogP contribution in [0.4, 0.5) is 5.69 Å². The molecule has 1 aliphatic heterocycles. The molecule has 1 aliphatic rings. The molecule has 0 saturated heterocycles. The second kappa shape index (κ2) is 8.26. The van der Waals surface area contributed by atoms with E-state index in [0.717, 1.165) is 22.8 Å². The number of hydrogen-bond donors (Lipinski definition) is 0. The lowest BCUT2D eigenvalue weighted by atomic mass is 10.1. The summed E-state index contributed by atoms with van der Waals surface area (Å²) in [4.78, 5) is 51.2. The number of carbonyl (C=O) groups excluding carboxylic acids is 4. The Kier molecular flexibility index (Phi) is 5.48. The molecule has 162 valence electrons. The third kappa shape index (κ3) is 3.51. The second-order valence-corrected chi connectivity index (χ2v) is 7.57. The molecule has 2 heterocycles. The van der Waals surface area contributed by atoms with Crippen LogP contribution < -0.4 is 4.90 Å². The number of anilines is 1. The highest BCUT2D eigenvalue weighted by molar-refractivity contribution is 6.34. The predicted molar refractivity (Wildman–Crippen MR) is 118 cm³/mol. The van der Waals surface area contributed by atoms with Crippen molar-refractivity contribution in [3.63, 3.8) is 0 Å². The van der Waals surface area contributed by atoms with E-state index >= 15 is 0 Å². The van der Waals surface area contributed by atoms with Gasteiger partial charge in [0.1, 0.15) is 0 Å². The van der Waals surface area contributed by atoms with Crippen LogP contribution >= 0.6 is 0 Å². The van der Waals surface area contributed by atoms with Crippen molar-refractivity contribution in [1.29, 1.82) is 0 Å². The van der Waals surface area contributed by atoms with E-state index in [1.54, 1.807) is 30.3 Å². The van der Waals surface area contributed by atoms with Gasteiger partial charge >= 0.3 is 5.97 Å². The highest BCUT2D eigenvalue weighted by Gasteiger charge is 2.36. The van der Waals surface area contributed by atoms with Crippen molar-refractivity contribution in [2.24, 2.45) is 0 Å². The first-order chi connectivity index (χ1) is 15.3. The molecule has 7 nitrogen and oxygen atoms in total. The van der Waals surface area contributed by atoms with E-state index in [1.165, 1.54) is 24.3 Å². The molecule has 0 spiro atoms. The quantitative estimate of drug-likeness (QED) is 0.336. The zero-order valence-electron chi connectivity index (χ0n) is 18.0. The number of carbonyl (C=O) groups is 4. The number of benzene rings is 2. The number of fused-ring (bicyclic) bond motifs is 1. The number of aromatic nitrogens is 1. The zero-order valence-corrected chi connectivity index (χ0v) is 18.0. The highest BCUT2D eigenvalue weighted by Crippen LogP contribution is 2.28. The van der Waals surface area contributed by atoms with E-state index in [2.05, 4.69) is 0 Å². The Balaban J connectivity index is 1.44. The van der Waals surface area contributed by atoms with Crippen molar-refractivity contribution in [2.75, 3.05) is 11.5 Å². The molecule has 2 amide bonds. The maximum Gasteiger partial charge on any atom is 0.338 e. The summed E-state index contributed by atoms with van der Waals surface area (Å²) >= 11 is 0. The van der Waals surface area contributed by atoms with E-state index in [9.17, 15) is 19.2 Å². The molecule has 0 N–H and O–H groups in total. The first kappa shape index (κ1) is 21.2. The molecule has 4 rings (SSSR count). The van der Waals surface area contributed by atoms with Crippen LogP contribution in [0, 0.1) is 13.8 Å². The lowest BCUT2D eigenvalue weighted by Crippen LogP contribution is -2.29. The molecule has 3 aromatic rings. The van der Waals surface area contributed by atoms with Crippen LogP contribution in [0.5, 0.6) is 0 Å². The fraction of sp³-hybridized carbons (Fsp3) is 0.200. The SMILES string of the molecule is CCn1c(C)cc(C(=O)COC(=O)c2ccc(N3C(=O)c4ccccc4C3=O)cc2)c1C. The van der Waals surface area contributed by atoms with Gasteiger partial charge in [-0.1, -0.05) is 12.1 Å². The van der Waals surface area contributed by atoms with Crippen molar-refractivity contribution < 1.29 is 23.9 Å². The van der Waals surface area contributed by atoms with Crippen LogP contribution in [0.3, 0.4) is 0 Å². The van der Waals surface area contributed by atoms with Crippen molar-refractivity contribution in [3.8, 4) is 0 Å². The van der Waals surface area contributed by atoms with Gasteiger partial charge in [-0.15, -0.1) is 0 Å². The second-order valence-electron chi connectivity index (χ2n) is 7.57. The number of ketones is 1. The van der Waals surface area contributed by atoms with Crippen LogP contribution in [0.15, 0.2) is 54.6 Å². The maximum atomic E-state index is 12.6. The van der Waals surface area contributed by atoms with Crippen LogP contribution in [-0.2, 0) is 11.3 Å². The van der Waals surface area contributed by atoms with Crippen LogP contribution in [-0.4, -0.2) is 34.7 Å². The lowest BCUT2D eigenvalue weighted by Gasteiger charge is -2.14. The third-order valence-electron chi connectivity index (χ3n) is 5.68. The van der Waals surface area contributed by atoms with Gasteiger partial charge in [-0.05, 0) is 63.2 Å². The fourth-order valence-electron chi connectivity index (χ4n) is 4.03. The van der Waals surface area contributed by atoms with Crippen molar-refractivity contribution in [2.45, 2.75) is 27.3 Å². The summed E-state index contributed by atoms with van der Waals surface area (Å²) in [5.41, 5.74) is 3.63. The highest BCUT2D eigenvalue weighted by atomic mass is 16.5. The zero-order chi connectivity index (χ0) is 23.0. The Hall–Kier alpha value is -4.00. The molecule has 2 aromatic carbocycles. The Morgan fingerprint density at radius 1 is 0.906 bits per heavy atom. The Morgan fingerprint density at radius 2 is 1.50 bits per heavy atom. The van der Waals surface area contributed by atoms with Crippen LogP contribution in [0.25, 0.3) is 0 Å². The number of ether oxygens (including phenoxy) is 1. The molecular formula is C25H22N2O5. The maximum absolute atomic E-state index is 12.6. The van der Waals surface area contributed by atoms with Gasteiger partial charge in [-0.3, -0.25) is 14.4 Å². The van der Waals surface area contributed by atoms with Gasteiger partial charge in [0.2, 0.25) is 5.78 Å². The summed E-state index contributed by atoms with van der Waals surface area (Å²) in [7, 11) is 0. The van der Waals surface area contributed by atoms with Gasteiger partial charge < -0.3 is 9.30 Å². The van der Waals surface area contributed by atoms with Crippen molar-refractivity contribution in [1.82, 2.24) is 4.57 Å². The van der Waals surface area contributed by atoms with Crippen LogP contribution in [0.2, 0.25) is 0 Å². The number of imide groups is 1. The fourth-order valence-corrected chi connectivity index (χ4v) is 4.03. The monoisotopic (exact) mass is 430 g/mol. The van der Waals surface area contributed by atoms with Crippen molar-refractivity contribution >= 4 is 29.3 Å². The number of hydrogen-bond acceptors (Lipinski definition) is 5. The normalized spacial score (nSPS) is 12.8. The topological polar surface area (TPSA) is 85.7 Å². The smallest absolute Gasteiger partial charge is 0.338 e. The molecule has 0 fully saturated rings. The predicted octanol–water partition coefficient (Wildman–Crippen LogP) is 3.97. The van der Waals surface area contributed by atoms with E-state index in [-0.39, 0.29) is 18.0 Å². The molecule has 0 saturated carbocycles. The molecule has 0 aliphatic carbocycles. The van der Waals surface area contributed by atoms with E-state index in [4.69, 9.17) is 4.74 Å². The molecule has 0 bridgehead atoms. The minimum absolute atomic E-state index is 0.220. The summed E-state index contributed by atoms with van der Waals surface area (Å²) in [6, 6.07) is 14.4. The number of esters is 1.